The second-order valence-corrected chi connectivity index (χ2v) is 5.45. The fourth-order valence-electron chi connectivity index (χ4n) is 1.94. The summed E-state index contributed by atoms with van der Waals surface area (Å²) in [5.74, 6) is -0.365. The summed E-state index contributed by atoms with van der Waals surface area (Å²) in [5.41, 5.74) is 7.72. The highest BCUT2D eigenvalue weighted by atomic mass is 79.9. The summed E-state index contributed by atoms with van der Waals surface area (Å²) in [6.07, 6.45) is 3.43. The van der Waals surface area contributed by atoms with E-state index >= 15 is 0 Å². The minimum absolute atomic E-state index is 0.142. The number of fused-ring (bicyclic) bond motifs is 1. The van der Waals surface area contributed by atoms with Crippen LogP contribution in [0.25, 0.3) is 11.0 Å². The van der Waals surface area contributed by atoms with E-state index in [2.05, 4.69) is 25.9 Å². The SMILES string of the molecule is CC(C)N(CC(N)=O)c1ccnc2cc(Br)cnc12. The molecule has 5 nitrogen and oxygen atoms in total. The van der Waals surface area contributed by atoms with Gasteiger partial charge in [-0.05, 0) is 41.9 Å². The number of rotatable bonds is 4. The summed E-state index contributed by atoms with van der Waals surface area (Å²) >= 11 is 3.37. The maximum absolute atomic E-state index is 11.2. The Morgan fingerprint density at radius 3 is 2.84 bits per heavy atom. The van der Waals surface area contributed by atoms with Crippen molar-refractivity contribution in [3.8, 4) is 0 Å². The molecule has 0 atom stereocenters. The molecular weight excluding hydrogens is 308 g/mol. The molecule has 0 saturated heterocycles. The number of nitrogens with zero attached hydrogens (tertiary/aromatic N) is 3. The number of carbonyl (C=O) groups is 1. The first-order chi connectivity index (χ1) is 8.99. The Balaban J connectivity index is 2.56. The van der Waals surface area contributed by atoms with Crippen molar-refractivity contribution in [2.24, 2.45) is 5.73 Å². The van der Waals surface area contributed by atoms with Crippen LogP contribution in [-0.2, 0) is 4.79 Å². The van der Waals surface area contributed by atoms with Crippen LogP contribution in [0.15, 0.2) is 29.0 Å². The Kier molecular flexibility index (Phi) is 3.99. The molecule has 0 aliphatic rings. The van der Waals surface area contributed by atoms with E-state index in [-0.39, 0.29) is 18.5 Å². The smallest absolute Gasteiger partial charge is 0.236 e. The van der Waals surface area contributed by atoms with Crippen LogP contribution in [0.3, 0.4) is 0 Å². The van der Waals surface area contributed by atoms with Crippen molar-refractivity contribution in [2.45, 2.75) is 19.9 Å². The quantitative estimate of drug-likeness (QED) is 0.935. The first kappa shape index (κ1) is 13.7. The van der Waals surface area contributed by atoms with Gasteiger partial charge in [0, 0.05) is 22.9 Å². The molecule has 0 fully saturated rings. The van der Waals surface area contributed by atoms with E-state index in [0.717, 1.165) is 21.2 Å². The van der Waals surface area contributed by atoms with Crippen molar-refractivity contribution >= 4 is 38.6 Å². The lowest BCUT2D eigenvalue weighted by atomic mass is 10.2. The molecule has 2 heterocycles. The van der Waals surface area contributed by atoms with Gasteiger partial charge in [-0.25, -0.2) is 0 Å². The van der Waals surface area contributed by atoms with Crippen LogP contribution in [0.5, 0.6) is 0 Å². The van der Waals surface area contributed by atoms with Crippen LogP contribution in [0.1, 0.15) is 13.8 Å². The normalized spacial score (nSPS) is 10.9. The van der Waals surface area contributed by atoms with E-state index in [1.807, 2.05) is 30.9 Å². The van der Waals surface area contributed by atoms with E-state index < -0.39 is 0 Å². The highest BCUT2D eigenvalue weighted by molar-refractivity contribution is 9.10. The van der Waals surface area contributed by atoms with Crippen molar-refractivity contribution in [3.05, 3.63) is 29.0 Å². The summed E-state index contributed by atoms with van der Waals surface area (Å²) < 4.78 is 0.871. The Hall–Kier alpha value is -1.69. The molecule has 0 radical (unpaired) electrons. The van der Waals surface area contributed by atoms with Crippen LogP contribution in [0, 0.1) is 0 Å². The van der Waals surface area contributed by atoms with Gasteiger partial charge in [0.15, 0.2) is 0 Å². The fourth-order valence-corrected chi connectivity index (χ4v) is 2.26. The van der Waals surface area contributed by atoms with Crippen molar-refractivity contribution in [1.82, 2.24) is 9.97 Å². The zero-order chi connectivity index (χ0) is 14.0. The molecule has 100 valence electrons. The molecular formula is C13H15BrN4O. The second-order valence-electron chi connectivity index (χ2n) is 4.54. The number of anilines is 1. The average molecular weight is 323 g/mol. The average Bonchev–Trinajstić information content (AvgIpc) is 2.34. The third-order valence-corrected chi connectivity index (χ3v) is 3.22. The maximum Gasteiger partial charge on any atom is 0.236 e. The first-order valence-electron chi connectivity index (χ1n) is 5.94. The molecule has 0 aliphatic heterocycles. The molecule has 1 amide bonds. The number of carbonyl (C=O) groups excluding carboxylic acids is 1. The number of aromatic nitrogens is 2. The molecule has 0 bridgehead atoms. The lowest BCUT2D eigenvalue weighted by Gasteiger charge is -2.28. The molecule has 6 heteroatoms. The Morgan fingerprint density at radius 2 is 2.21 bits per heavy atom. The Labute approximate surface area is 120 Å². The van der Waals surface area contributed by atoms with Gasteiger partial charge in [-0.1, -0.05) is 0 Å². The number of primary amides is 1. The number of hydrogen-bond donors (Lipinski definition) is 1. The number of hydrogen-bond acceptors (Lipinski definition) is 4. The number of nitrogens with two attached hydrogens (primary N) is 1. The van der Waals surface area contributed by atoms with Crippen LogP contribution in [-0.4, -0.2) is 28.5 Å². The van der Waals surface area contributed by atoms with E-state index in [0.29, 0.717) is 0 Å². The zero-order valence-corrected chi connectivity index (χ0v) is 12.4. The van der Waals surface area contributed by atoms with Crippen LogP contribution >= 0.6 is 15.9 Å². The third-order valence-electron chi connectivity index (χ3n) is 2.78. The standard InChI is InChI=1S/C13H15BrN4O/c1-8(2)18(7-12(15)19)11-3-4-16-10-5-9(14)6-17-13(10)11/h3-6,8H,7H2,1-2H3,(H2,15,19). The van der Waals surface area contributed by atoms with Gasteiger partial charge in [0.2, 0.25) is 5.91 Å². The van der Waals surface area contributed by atoms with Crippen molar-refractivity contribution in [2.75, 3.05) is 11.4 Å². The molecule has 0 unspecified atom stereocenters. The number of halogens is 1. The Morgan fingerprint density at radius 1 is 1.47 bits per heavy atom. The van der Waals surface area contributed by atoms with Crippen LogP contribution < -0.4 is 10.6 Å². The fraction of sp³-hybridized carbons (Fsp3) is 0.308. The lowest BCUT2D eigenvalue weighted by molar-refractivity contribution is -0.116. The molecule has 0 aromatic carbocycles. The van der Waals surface area contributed by atoms with E-state index in [1.54, 1.807) is 12.4 Å². The molecule has 0 saturated carbocycles. The Bertz CT molecular complexity index is 615. The molecule has 19 heavy (non-hydrogen) atoms. The van der Waals surface area contributed by atoms with Crippen molar-refractivity contribution in [1.29, 1.82) is 0 Å². The van der Waals surface area contributed by atoms with Gasteiger partial charge in [0.25, 0.3) is 0 Å². The largest absolute Gasteiger partial charge is 0.368 e. The summed E-state index contributed by atoms with van der Waals surface area (Å²) in [5, 5.41) is 0. The van der Waals surface area contributed by atoms with Gasteiger partial charge in [0.05, 0.1) is 17.7 Å². The van der Waals surface area contributed by atoms with Crippen LogP contribution in [0.4, 0.5) is 5.69 Å². The molecule has 0 aliphatic carbocycles. The molecule has 2 aromatic rings. The van der Waals surface area contributed by atoms with Gasteiger partial charge < -0.3 is 10.6 Å². The zero-order valence-electron chi connectivity index (χ0n) is 10.8. The maximum atomic E-state index is 11.2. The second kappa shape index (κ2) is 5.52. The van der Waals surface area contributed by atoms with Gasteiger partial charge in [0.1, 0.15) is 5.52 Å². The molecule has 2 rings (SSSR count). The molecule has 2 aromatic heterocycles. The van der Waals surface area contributed by atoms with Gasteiger partial charge in [-0.3, -0.25) is 14.8 Å². The van der Waals surface area contributed by atoms with Gasteiger partial charge in [-0.2, -0.15) is 0 Å². The number of amides is 1. The van der Waals surface area contributed by atoms with Gasteiger partial charge in [-0.15, -0.1) is 0 Å². The summed E-state index contributed by atoms with van der Waals surface area (Å²) in [6.45, 7) is 4.18. The predicted octanol–water partition coefficient (Wildman–Crippen LogP) is 2.09. The summed E-state index contributed by atoms with van der Waals surface area (Å²) in [7, 11) is 0. The van der Waals surface area contributed by atoms with Gasteiger partial charge >= 0.3 is 0 Å². The molecule has 0 spiro atoms. The highest BCUT2D eigenvalue weighted by Gasteiger charge is 2.16. The topological polar surface area (TPSA) is 72.1 Å². The predicted molar refractivity (Wildman–Crippen MR) is 78.9 cm³/mol. The highest BCUT2D eigenvalue weighted by Crippen LogP contribution is 2.26. The lowest BCUT2D eigenvalue weighted by Crippen LogP contribution is -2.38. The molecule has 2 N–H and O–H groups in total. The van der Waals surface area contributed by atoms with Crippen LogP contribution in [0.2, 0.25) is 0 Å². The summed E-state index contributed by atoms with van der Waals surface area (Å²) in [4.78, 5) is 21.8. The third kappa shape index (κ3) is 3.01. The first-order valence-corrected chi connectivity index (χ1v) is 6.73. The van der Waals surface area contributed by atoms with Crippen molar-refractivity contribution in [3.63, 3.8) is 0 Å². The minimum Gasteiger partial charge on any atom is -0.368 e. The van der Waals surface area contributed by atoms with E-state index in [1.165, 1.54) is 0 Å². The van der Waals surface area contributed by atoms with E-state index in [4.69, 9.17) is 5.73 Å². The monoisotopic (exact) mass is 322 g/mol. The van der Waals surface area contributed by atoms with Crippen molar-refractivity contribution < 1.29 is 4.79 Å². The van der Waals surface area contributed by atoms with E-state index in [9.17, 15) is 4.79 Å². The summed E-state index contributed by atoms with van der Waals surface area (Å²) in [6, 6.07) is 3.89. The number of pyridine rings is 2. The minimum atomic E-state index is -0.365.